The molecule has 1 atom stereocenters. The van der Waals surface area contributed by atoms with Crippen LogP contribution in [0.15, 0.2) is 30.5 Å². The lowest BCUT2D eigenvalue weighted by Crippen LogP contribution is -2.42. The van der Waals surface area contributed by atoms with E-state index in [0.717, 1.165) is 43.6 Å². The summed E-state index contributed by atoms with van der Waals surface area (Å²) < 4.78 is 12.7. The number of carbonyl (C=O) groups excluding carboxylic acids is 2. The van der Waals surface area contributed by atoms with Gasteiger partial charge in [0.25, 0.3) is 0 Å². The number of likely N-dealkylation sites (tertiary alicyclic amines) is 1. The molecule has 1 aromatic heterocycles. The average Bonchev–Trinajstić information content (AvgIpc) is 3.50. The Hall–Kier alpha value is -2.83. The third-order valence-electron chi connectivity index (χ3n) is 5.93. The second kappa shape index (κ2) is 8.96. The molecule has 2 aromatic rings. The molecule has 2 aliphatic rings. The summed E-state index contributed by atoms with van der Waals surface area (Å²) in [6, 6.07) is 8.29. The largest absolute Gasteiger partial charge is 0.462 e. The van der Waals surface area contributed by atoms with Crippen molar-refractivity contribution in [2.75, 3.05) is 19.7 Å². The van der Waals surface area contributed by atoms with Gasteiger partial charge < -0.3 is 14.4 Å². The van der Waals surface area contributed by atoms with Crippen LogP contribution < -0.4 is 0 Å². The fourth-order valence-electron chi connectivity index (χ4n) is 4.33. The van der Waals surface area contributed by atoms with Crippen molar-refractivity contribution in [2.24, 2.45) is 0 Å². The molecule has 1 unspecified atom stereocenters. The van der Waals surface area contributed by atoms with Gasteiger partial charge in [0.2, 0.25) is 0 Å². The maximum absolute atomic E-state index is 12.6. The Morgan fingerprint density at radius 1 is 1.16 bits per heavy atom. The van der Waals surface area contributed by atoms with Crippen molar-refractivity contribution < 1.29 is 19.1 Å². The highest BCUT2D eigenvalue weighted by Crippen LogP contribution is 2.43. The van der Waals surface area contributed by atoms with Crippen LogP contribution in [0.1, 0.15) is 86.8 Å². The van der Waals surface area contributed by atoms with Crippen LogP contribution in [0.4, 0.5) is 4.79 Å². The van der Waals surface area contributed by atoms with Gasteiger partial charge in [-0.15, -0.1) is 0 Å². The summed E-state index contributed by atoms with van der Waals surface area (Å²) in [7, 11) is 0. The molecular weight excluding hydrogens is 406 g/mol. The Balaban J connectivity index is 1.57. The van der Waals surface area contributed by atoms with Gasteiger partial charge in [-0.3, -0.25) is 0 Å². The van der Waals surface area contributed by atoms with E-state index in [1.807, 2.05) is 49.4 Å². The van der Waals surface area contributed by atoms with E-state index in [0.29, 0.717) is 24.6 Å². The maximum atomic E-state index is 12.6. The molecule has 1 aliphatic heterocycles. The first-order valence-corrected chi connectivity index (χ1v) is 11.6. The van der Waals surface area contributed by atoms with Crippen LogP contribution in [-0.2, 0) is 9.47 Å². The minimum absolute atomic E-state index is 0.237. The zero-order valence-electron chi connectivity index (χ0n) is 19.5. The molecule has 0 bridgehead atoms. The van der Waals surface area contributed by atoms with Crippen LogP contribution in [0.2, 0.25) is 0 Å². The van der Waals surface area contributed by atoms with E-state index in [9.17, 15) is 9.59 Å². The van der Waals surface area contributed by atoms with Crippen molar-refractivity contribution in [1.82, 2.24) is 14.7 Å². The monoisotopic (exact) mass is 439 g/mol. The molecule has 4 rings (SSSR count). The van der Waals surface area contributed by atoms with E-state index in [2.05, 4.69) is 17.2 Å². The number of aromatic nitrogens is 2. The van der Waals surface area contributed by atoms with E-state index < -0.39 is 5.60 Å². The minimum atomic E-state index is -0.500. The number of hydrogen-bond acceptors (Lipinski definition) is 5. The molecule has 0 N–H and O–H groups in total. The van der Waals surface area contributed by atoms with Gasteiger partial charge in [0.05, 0.1) is 24.2 Å². The van der Waals surface area contributed by atoms with Gasteiger partial charge in [-0.1, -0.05) is 12.1 Å². The van der Waals surface area contributed by atoms with Crippen molar-refractivity contribution in [2.45, 2.75) is 70.8 Å². The summed E-state index contributed by atoms with van der Waals surface area (Å²) >= 11 is 0. The number of amides is 1. The van der Waals surface area contributed by atoms with E-state index >= 15 is 0 Å². The van der Waals surface area contributed by atoms with Crippen LogP contribution in [0.25, 0.3) is 5.69 Å². The van der Waals surface area contributed by atoms with Crippen LogP contribution in [-0.4, -0.2) is 52.0 Å². The second-order valence-electron chi connectivity index (χ2n) is 9.71. The van der Waals surface area contributed by atoms with Gasteiger partial charge in [-0.2, -0.15) is 5.10 Å². The molecule has 7 nitrogen and oxygen atoms in total. The standard InChI is InChI=1S/C25H33N3O4/c1-5-31-23(29)21-15-26-28(22(21)17-11-12-17)20-10-6-8-18(14-20)19-9-7-13-27(16-19)24(30)32-25(2,3)4/h6,8,10,14-15,17,19H,5,7,9,11-13,16H2,1-4H3. The first kappa shape index (κ1) is 22.4. The number of carbonyl (C=O) groups is 2. The smallest absolute Gasteiger partial charge is 0.410 e. The SMILES string of the molecule is CCOC(=O)c1cnn(-c2cccc(C3CCCN(C(=O)OC(C)(C)C)C3)c2)c1C1CC1. The molecule has 1 amide bonds. The fourth-order valence-corrected chi connectivity index (χ4v) is 4.33. The Labute approximate surface area is 189 Å². The molecule has 1 aliphatic carbocycles. The molecule has 0 radical (unpaired) electrons. The van der Waals surface area contributed by atoms with Gasteiger partial charge in [0, 0.05) is 24.9 Å². The molecule has 1 saturated heterocycles. The number of ether oxygens (including phenoxy) is 2. The summed E-state index contributed by atoms with van der Waals surface area (Å²) in [5, 5.41) is 4.55. The van der Waals surface area contributed by atoms with Gasteiger partial charge >= 0.3 is 12.1 Å². The zero-order valence-corrected chi connectivity index (χ0v) is 19.5. The highest BCUT2D eigenvalue weighted by atomic mass is 16.6. The molecule has 7 heteroatoms. The zero-order chi connectivity index (χ0) is 22.9. The van der Waals surface area contributed by atoms with Crippen LogP contribution in [0, 0.1) is 0 Å². The van der Waals surface area contributed by atoms with E-state index in [1.54, 1.807) is 6.20 Å². The Morgan fingerprint density at radius 2 is 1.94 bits per heavy atom. The van der Waals surface area contributed by atoms with Gasteiger partial charge in [0.15, 0.2) is 0 Å². The fraction of sp³-hybridized carbons (Fsp3) is 0.560. The summed E-state index contributed by atoms with van der Waals surface area (Å²) in [5.74, 6) is 0.274. The Kier molecular flexibility index (Phi) is 6.26. The van der Waals surface area contributed by atoms with Gasteiger partial charge in [-0.25, -0.2) is 14.3 Å². The number of benzene rings is 1. The van der Waals surface area contributed by atoms with Crippen molar-refractivity contribution in [1.29, 1.82) is 0 Å². The predicted octanol–water partition coefficient (Wildman–Crippen LogP) is 5.04. The molecule has 2 heterocycles. The van der Waals surface area contributed by atoms with Gasteiger partial charge in [-0.05, 0) is 71.1 Å². The summed E-state index contributed by atoms with van der Waals surface area (Å²) in [6.45, 7) is 9.19. The lowest BCUT2D eigenvalue weighted by Gasteiger charge is -2.34. The average molecular weight is 440 g/mol. The quantitative estimate of drug-likeness (QED) is 0.610. The molecule has 172 valence electrons. The van der Waals surface area contributed by atoms with Gasteiger partial charge in [0.1, 0.15) is 11.2 Å². The maximum Gasteiger partial charge on any atom is 0.410 e. The summed E-state index contributed by atoms with van der Waals surface area (Å²) in [4.78, 5) is 26.8. The van der Waals surface area contributed by atoms with Crippen molar-refractivity contribution in [3.8, 4) is 5.69 Å². The highest BCUT2D eigenvalue weighted by molar-refractivity contribution is 5.91. The Morgan fingerprint density at radius 3 is 2.62 bits per heavy atom. The number of rotatable bonds is 5. The Bertz CT molecular complexity index is 987. The first-order valence-electron chi connectivity index (χ1n) is 11.6. The highest BCUT2D eigenvalue weighted by Gasteiger charge is 2.34. The minimum Gasteiger partial charge on any atom is -0.462 e. The lowest BCUT2D eigenvalue weighted by molar-refractivity contribution is 0.0198. The molecular formula is C25H33N3O4. The van der Waals surface area contributed by atoms with E-state index in [4.69, 9.17) is 9.47 Å². The van der Waals surface area contributed by atoms with Crippen LogP contribution >= 0.6 is 0 Å². The molecule has 2 fully saturated rings. The van der Waals surface area contributed by atoms with Crippen LogP contribution in [0.3, 0.4) is 0 Å². The number of esters is 1. The molecule has 0 spiro atoms. The lowest BCUT2D eigenvalue weighted by atomic mass is 9.90. The van der Waals surface area contributed by atoms with Crippen molar-refractivity contribution >= 4 is 12.1 Å². The van der Waals surface area contributed by atoms with Crippen molar-refractivity contribution in [3.05, 3.63) is 47.3 Å². The summed E-state index contributed by atoms with van der Waals surface area (Å²) in [6.07, 6.45) is 5.46. The number of nitrogens with zero attached hydrogens (tertiary/aromatic N) is 3. The van der Waals surface area contributed by atoms with E-state index in [-0.39, 0.29) is 18.0 Å². The third-order valence-corrected chi connectivity index (χ3v) is 5.93. The predicted molar refractivity (Wildman–Crippen MR) is 121 cm³/mol. The van der Waals surface area contributed by atoms with Crippen molar-refractivity contribution in [3.63, 3.8) is 0 Å². The van der Waals surface area contributed by atoms with E-state index in [1.165, 1.54) is 5.56 Å². The molecule has 32 heavy (non-hydrogen) atoms. The third kappa shape index (κ3) is 4.97. The summed E-state index contributed by atoms with van der Waals surface area (Å²) in [5.41, 5.74) is 3.12. The normalized spacial score (nSPS) is 19.0. The second-order valence-corrected chi connectivity index (χ2v) is 9.71. The number of hydrogen-bond donors (Lipinski definition) is 0. The van der Waals surface area contributed by atoms with Crippen LogP contribution in [0.5, 0.6) is 0 Å². The number of piperidine rings is 1. The first-order chi connectivity index (χ1) is 15.3. The molecule has 1 saturated carbocycles. The molecule has 1 aromatic carbocycles. The topological polar surface area (TPSA) is 73.7 Å².